The molecule has 1 aromatic carbocycles. The van der Waals surface area contributed by atoms with Gasteiger partial charge in [-0.3, -0.25) is 4.79 Å². The molecule has 0 unspecified atom stereocenters. The normalized spacial score (nSPS) is 11.1. The summed E-state index contributed by atoms with van der Waals surface area (Å²) in [5.41, 5.74) is 1.64. The molecule has 0 saturated carbocycles. The smallest absolute Gasteiger partial charge is 0.277 e. The Bertz CT molecular complexity index is 805. The second-order valence-corrected chi connectivity index (χ2v) is 4.94. The molecule has 2 heterocycles. The summed E-state index contributed by atoms with van der Waals surface area (Å²) in [7, 11) is 0. The van der Waals surface area contributed by atoms with Crippen LogP contribution in [-0.4, -0.2) is 24.5 Å². The molecular formula is C15H17N5O. The SMILES string of the molecule is CCc1cn(CCCn2nnc3ccccc3c2=O)cn1. The van der Waals surface area contributed by atoms with Gasteiger partial charge in [-0.2, -0.15) is 0 Å². The third-order valence-electron chi connectivity index (χ3n) is 3.46. The van der Waals surface area contributed by atoms with Crippen LogP contribution >= 0.6 is 0 Å². The molecule has 0 aliphatic rings. The molecule has 0 spiro atoms. The van der Waals surface area contributed by atoms with Gasteiger partial charge in [-0.25, -0.2) is 9.67 Å². The van der Waals surface area contributed by atoms with E-state index in [9.17, 15) is 4.79 Å². The summed E-state index contributed by atoms with van der Waals surface area (Å²) >= 11 is 0. The standard InChI is InChI=1S/C15H17N5O/c1-2-12-10-19(11-16-12)8-5-9-20-15(21)13-6-3-4-7-14(13)17-18-20/h3-4,6-7,10-11H,2,5,8-9H2,1H3. The number of aromatic nitrogens is 5. The zero-order valence-electron chi connectivity index (χ0n) is 11.9. The minimum Gasteiger partial charge on any atom is -0.337 e. The summed E-state index contributed by atoms with van der Waals surface area (Å²) in [6.07, 6.45) is 5.61. The van der Waals surface area contributed by atoms with E-state index in [4.69, 9.17) is 0 Å². The molecule has 3 rings (SSSR count). The van der Waals surface area contributed by atoms with E-state index in [1.54, 1.807) is 12.1 Å². The van der Waals surface area contributed by atoms with Crippen molar-refractivity contribution in [1.29, 1.82) is 0 Å². The molecule has 2 aromatic heterocycles. The number of hydrogen-bond acceptors (Lipinski definition) is 4. The molecule has 108 valence electrons. The van der Waals surface area contributed by atoms with Gasteiger partial charge in [0.05, 0.1) is 17.4 Å². The number of rotatable bonds is 5. The van der Waals surface area contributed by atoms with Gasteiger partial charge >= 0.3 is 0 Å². The van der Waals surface area contributed by atoms with Crippen LogP contribution in [0, 0.1) is 0 Å². The van der Waals surface area contributed by atoms with E-state index in [2.05, 4.69) is 22.2 Å². The molecule has 0 saturated heterocycles. The summed E-state index contributed by atoms with van der Waals surface area (Å²) in [4.78, 5) is 16.5. The Morgan fingerprint density at radius 2 is 2.05 bits per heavy atom. The van der Waals surface area contributed by atoms with Crippen molar-refractivity contribution in [3.05, 3.63) is 52.8 Å². The number of benzene rings is 1. The van der Waals surface area contributed by atoms with Crippen LogP contribution < -0.4 is 5.56 Å². The van der Waals surface area contributed by atoms with Crippen molar-refractivity contribution in [3.8, 4) is 0 Å². The Morgan fingerprint density at radius 1 is 1.19 bits per heavy atom. The first-order valence-electron chi connectivity index (χ1n) is 7.11. The highest BCUT2D eigenvalue weighted by Gasteiger charge is 2.04. The van der Waals surface area contributed by atoms with Gasteiger partial charge in [0.2, 0.25) is 0 Å². The zero-order chi connectivity index (χ0) is 14.7. The summed E-state index contributed by atoms with van der Waals surface area (Å²) < 4.78 is 3.47. The monoisotopic (exact) mass is 283 g/mol. The molecule has 0 fully saturated rings. The highest BCUT2D eigenvalue weighted by molar-refractivity contribution is 5.76. The van der Waals surface area contributed by atoms with Crippen molar-refractivity contribution in [2.45, 2.75) is 32.9 Å². The first-order chi connectivity index (χ1) is 10.3. The average molecular weight is 283 g/mol. The van der Waals surface area contributed by atoms with Crippen molar-refractivity contribution < 1.29 is 0 Å². The van der Waals surface area contributed by atoms with E-state index in [0.29, 0.717) is 17.4 Å². The lowest BCUT2D eigenvalue weighted by molar-refractivity contribution is 0.491. The van der Waals surface area contributed by atoms with E-state index in [-0.39, 0.29) is 5.56 Å². The van der Waals surface area contributed by atoms with Gasteiger partial charge in [-0.15, -0.1) is 5.10 Å². The molecular weight excluding hydrogens is 266 g/mol. The molecule has 6 heteroatoms. The van der Waals surface area contributed by atoms with Crippen LogP contribution in [0.5, 0.6) is 0 Å². The Morgan fingerprint density at radius 3 is 2.86 bits per heavy atom. The predicted molar refractivity (Wildman–Crippen MR) is 80.0 cm³/mol. The second-order valence-electron chi connectivity index (χ2n) is 4.94. The molecule has 0 aliphatic heterocycles. The molecule has 21 heavy (non-hydrogen) atoms. The van der Waals surface area contributed by atoms with Gasteiger partial charge in [-0.1, -0.05) is 24.3 Å². The van der Waals surface area contributed by atoms with Crippen LogP contribution in [0.4, 0.5) is 0 Å². The van der Waals surface area contributed by atoms with Gasteiger partial charge < -0.3 is 4.57 Å². The minimum atomic E-state index is -0.0829. The maximum Gasteiger partial charge on any atom is 0.277 e. The van der Waals surface area contributed by atoms with Crippen LogP contribution in [0.1, 0.15) is 19.0 Å². The Balaban J connectivity index is 1.70. The molecule has 0 atom stereocenters. The van der Waals surface area contributed by atoms with E-state index in [0.717, 1.165) is 25.1 Å². The summed E-state index contributed by atoms with van der Waals surface area (Å²) in [5.74, 6) is 0. The molecule has 0 amide bonds. The number of aryl methyl sites for hydroxylation is 3. The number of nitrogens with zero attached hydrogens (tertiary/aromatic N) is 5. The van der Waals surface area contributed by atoms with Crippen LogP contribution in [0.25, 0.3) is 10.9 Å². The van der Waals surface area contributed by atoms with E-state index in [1.165, 1.54) is 4.68 Å². The zero-order valence-corrected chi connectivity index (χ0v) is 11.9. The molecule has 0 N–H and O–H groups in total. The van der Waals surface area contributed by atoms with Crippen molar-refractivity contribution in [2.24, 2.45) is 0 Å². The minimum absolute atomic E-state index is 0.0829. The average Bonchev–Trinajstić information content (AvgIpc) is 2.98. The van der Waals surface area contributed by atoms with Crippen LogP contribution in [0.2, 0.25) is 0 Å². The lowest BCUT2D eigenvalue weighted by atomic mass is 10.2. The van der Waals surface area contributed by atoms with Crippen molar-refractivity contribution >= 4 is 10.9 Å². The number of fused-ring (bicyclic) bond motifs is 1. The van der Waals surface area contributed by atoms with E-state index >= 15 is 0 Å². The molecule has 6 nitrogen and oxygen atoms in total. The highest BCUT2D eigenvalue weighted by Crippen LogP contribution is 2.04. The number of imidazole rings is 1. The van der Waals surface area contributed by atoms with Gasteiger partial charge in [0, 0.05) is 19.3 Å². The largest absolute Gasteiger partial charge is 0.337 e. The van der Waals surface area contributed by atoms with Crippen LogP contribution in [0.3, 0.4) is 0 Å². The fraction of sp³-hybridized carbons (Fsp3) is 0.333. The summed E-state index contributed by atoms with van der Waals surface area (Å²) in [6.45, 7) is 3.45. The maximum absolute atomic E-state index is 12.3. The van der Waals surface area contributed by atoms with Gasteiger partial charge in [0.1, 0.15) is 5.52 Å². The van der Waals surface area contributed by atoms with Crippen molar-refractivity contribution in [2.75, 3.05) is 0 Å². The Kier molecular flexibility index (Phi) is 3.77. The van der Waals surface area contributed by atoms with Crippen LogP contribution in [-0.2, 0) is 19.5 Å². The molecule has 0 radical (unpaired) electrons. The van der Waals surface area contributed by atoms with E-state index in [1.807, 2.05) is 29.2 Å². The fourth-order valence-electron chi connectivity index (χ4n) is 2.28. The molecule has 0 aliphatic carbocycles. The number of hydrogen-bond donors (Lipinski definition) is 0. The van der Waals surface area contributed by atoms with Crippen LogP contribution in [0.15, 0.2) is 41.6 Å². The molecule has 0 bridgehead atoms. The molecule has 3 aromatic rings. The predicted octanol–water partition coefficient (Wildman–Crippen LogP) is 1.64. The summed E-state index contributed by atoms with van der Waals surface area (Å²) in [6, 6.07) is 7.27. The van der Waals surface area contributed by atoms with E-state index < -0.39 is 0 Å². The topological polar surface area (TPSA) is 65.6 Å². The van der Waals surface area contributed by atoms with Crippen molar-refractivity contribution in [1.82, 2.24) is 24.5 Å². The first-order valence-corrected chi connectivity index (χ1v) is 7.11. The second kappa shape index (κ2) is 5.87. The third kappa shape index (κ3) is 2.84. The van der Waals surface area contributed by atoms with Gasteiger partial charge in [0.15, 0.2) is 0 Å². The summed E-state index contributed by atoms with van der Waals surface area (Å²) in [5, 5.41) is 8.68. The first kappa shape index (κ1) is 13.5. The Labute approximate surface area is 122 Å². The quantitative estimate of drug-likeness (QED) is 0.714. The van der Waals surface area contributed by atoms with Gasteiger partial charge in [0.25, 0.3) is 5.56 Å². The fourth-order valence-corrected chi connectivity index (χ4v) is 2.28. The third-order valence-corrected chi connectivity index (χ3v) is 3.46. The Hall–Kier alpha value is -2.50. The van der Waals surface area contributed by atoms with Gasteiger partial charge in [-0.05, 0) is 25.0 Å². The maximum atomic E-state index is 12.3. The highest BCUT2D eigenvalue weighted by atomic mass is 16.1. The van der Waals surface area contributed by atoms with Crippen molar-refractivity contribution in [3.63, 3.8) is 0 Å². The lowest BCUT2D eigenvalue weighted by Crippen LogP contribution is -2.24. The lowest BCUT2D eigenvalue weighted by Gasteiger charge is -2.05.